The first-order valence-electron chi connectivity index (χ1n) is 7.62. The van der Waals surface area contributed by atoms with Crippen molar-refractivity contribution in [2.45, 2.75) is 0 Å². The molecule has 0 fully saturated rings. The van der Waals surface area contributed by atoms with Crippen LogP contribution in [0.15, 0.2) is 66.7 Å². The molecular weight excluding hydrogens is 284 g/mol. The summed E-state index contributed by atoms with van der Waals surface area (Å²) in [6, 6.07) is 22.9. The van der Waals surface area contributed by atoms with Gasteiger partial charge in [-0.1, -0.05) is 30.3 Å². The van der Waals surface area contributed by atoms with Crippen molar-refractivity contribution in [3.8, 4) is 17.0 Å². The second kappa shape index (κ2) is 4.46. The Balaban J connectivity index is 1.93. The summed E-state index contributed by atoms with van der Waals surface area (Å²) in [6.07, 6.45) is 0. The van der Waals surface area contributed by atoms with Crippen molar-refractivity contribution in [3.05, 3.63) is 66.7 Å². The number of methoxy groups -OCH3 is 1. The van der Waals surface area contributed by atoms with E-state index in [1.54, 1.807) is 7.11 Å². The lowest BCUT2D eigenvalue weighted by Gasteiger charge is -2.01. The van der Waals surface area contributed by atoms with Crippen LogP contribution < -0.4 is 4.74 Å². The van der Waals surface area contributed by atoms with Gasteiger partial charge in [0, 0.05) is 16.3 Å². The third kappa shape index (κ3) is 1.62. The van der Waals surface area contributed by atoms with Crippen molar-refractivity contribution >= 4 is 27.5 Å². The monoisotopic (exact) mass is 298 g/mol. The highest BCUT2D eigenvalue weighted by molar-refractivity contribution is 6.13. The zero-order valence-corrected chi connectivity index (χ0v) is 12.7. The van der Waals surface area contributed by atoms with E-state index in [1.807, 2.05) is 12.1 Å². The van der Waals surface area contributed by atoms with Crippen LogP contribution in [0.5, 0.6) is 5.75 Å². The largest absolute Gasteiger partial charge is 0.497 e. The average Bonchev–Trinajstić information content (AvgIpc) is 3.16. The third-order valence-electron chi connectivity index (χ3n) is 4.47. The van der Waals surface area contributed by atoms with Crippen LogP contribution in [0.1, 0.15) is 0 Å². The summed E-state index contributed by atoms with van der Waals surface area (Å²) in [4.78, 5) is 4.87. The molecule has 0 aliphatic carbocycles. The predicted molar refractivity (Wildman–Crippen MR) is 93.4 cm³/mol. The van der Waals surface area contributed by atoms with Crippen molar-refractivity contribution < 1.29 is 4.74 Å². The Labute approximate surface area is 133 Å². The second-order valence-corrected chi connectivity index (χ2v) is 5.69. The molecule has 5 rings (SSSR count). The van der Waals surface area contributed by atoms with Crippen LogP contribution in [0.4, 0.5) is 0 Å². The van der Waals surface area contributed by atoms with E-state index >= 15 is 0 Å². The van der Waals surface area contributed by atoms with Gasteiger partial charge in [-0.25, -0.2) is 4.98 Å². The summed E-state index contributed by atoms with van der Waals surface area (Å²) in [5, 5.41) is 2.51. The fourth-order valence-electron chi connectivity index (χ4n) is 3.41. The molecule has 0 spiro atoms. The van der Waals surface area contributed by atoms with Crippen LogP contribution in [-0.4, -0.2) is 16.5 Å². The number of aromatic nitrogens is 2. The number of ether oxygens (including phenoxy) is 1. The van der Waals surface area contributed by atoms with Gasteiger partial charge in [0.2, 0.25) is 0 Å². The zero-order valence-electron chi connectivity index (χ0n) is 12.7. The number of hydrogen-bond donors (Lipinski definition) is 0. The molecule has 0 aliphatic rings. The number of benzene rings is 2. The van der Waals surface area contributed by atoms with Crippen LogP contribution in [0.3, 0.4) is 0 Å². The number of hydrogen-bond acceptors (Lipinski definition) is 2. The molecule has 0 atom stereocenters. The van der Waals surface area contributed by atoms with Gasteiger partial charge in [0.15, 0.2) is 0 Å². The number of fused-ring (bicyclic) bond motifs is 3. The molecule has 23 heavy (non-hydrogen) atoms. The molecule has 0 saturated carbocycles. The van der Waals surface area contributed by atoms with E-state index in [4.69, 9.17) is 9.72 Å². The fourth-order valence-corrected chi connectivity index (χ4v) is 3.41. The first-order chi connectivity index (χ1) is 11.4. The van der Waals surface area contributed by atoms with Gasteiger partial charge in [-0.3, -0.25) is 4.40 Å². The smallest absolute Gasteiger partial charge is 0.138 e. The molecule has 0 N–H and O–H groups in total. The molecule has 3 heterocycles. The van der Waals surface area contributed by atoms with Crippen LogP contribution in [0, 0.1) is 0 Å². The molecule has 0 radical (unpaired) electrons. The summed E-state index contributed by atoms with van der Waals surface area (Å²) in [7, 11) is 1.68. The number of nitrogens with zero attached hydrogens (tertiary/aromatic N) is 2. The highest BCUT2D eigenvalue weighted by Gasteiger charge is 2.17. The average molecular weight is 298 g/mol. The Bertz CT molecular complexity index is 1140. The molecule has 0 amide bonds. The maximum atomic E-state index is 5.26. The topological polar surface area (TPSA) is 26.5 Å². The SMILES string of the molecule is COc1ccc(-c2nc3cccc4c5ccccc5c2n34)cc1. The van der Waals surface area contributed by atoms with Crippen molar-refractivity contribution in [1.82, 2.24) is 9.38 Å². The van der Waals surface area contributed by atoms with Gasteiger partial charge >= 0.3 is 0 Å². The summed E-state index contributed by atoms with van der Waals surface area (Å²) < 4.78 is 7.52. The molecule has 3 aromatic heterocycles. The number of rotatable bonds is 2. The lowest BCUT2D eigenvalue weighted by molar-refractivity contribution is 0.415. The fraction of sp³-hybridized carbons (Fsp3) is 0.0500. The molecular formula is C20H14N2O. The highest BCUT2D eigenvalue weighted by atomic mass is 16.5. The van der Waals surface area contributed by atoms with E-state index in [9.17, 15) is 0 Å². The van der Waals surface area contributed by atoms with E-state index in [1.165, 1.54) is 21.8 Å². The first kappa shape index (κ1) is 12.5. The van der Waals surface area contributed by atoms with Gasteiger partial charge in [-0.05, 0) is 36.4 Å². The molecule has 0 bridgehead atoms. The Morgan fingerprint density at radius 2 is 1.61 bits per heavy atom. The van der Waals surface area contributed by atoms with Crippen molar-refractivity contribution in [2.24, 2.45) is 0 Å². The Morgan fingerprint density at radius 1 is 0.826 bits per heavy atom. The summed E-state index contributed by atoms with van der Waals surface area (Å²) in [5.41, 5.74) is 5.49. The van der Waals surface area contributed by atoms with Gasteiger partial charge in [-0.2, -0.15) is 0 Å². The molecule has 0 unspecified atom stereocenters. The van der Waals surface area contributed by atoms with Gasteiger partial charge in [-0.15, -0.1) is 0 Å². The number of imidazole rings is 1. The Kier molecular flexibility index (Phi) is 2.42. The zero-order chi connectivity index (χ0) is 15.4. The van der Waals surface area contributed by atoms with E-state index in [2.05, 4.69) is 59.0 Å². The van der Waals surface area contributed by atoms with Crippen LogP contribution in [0.2, 0.25) is 0 Å². The lowest BCUT2D eigenvalue weighted by atomic mass is 10.1. The van der Waals surface area contributed by atoms with Crippen LogP contribution >= 0.6 is 0 Å². The minimum Gasteiger partial charge on any atom is -0.497 e. The molecule has 0 aliphatic heterocycles. The quantitative estimate of drug-likeness (QED) is 0.470. The Morgan fingerprint density at radius 3 is 2.39 bits per heavy atom. The molecule has 110 valence electrons. The summed E-state index contributed by atoms with van der Waals surface area (Å²) in [5.74, 6) is 0.857. The van der Waals surface area contributed by atoms with Gasteiger partial charge in [0.25, 0.3) is 0 Å². The van der Waals surface area contributed by atoms with Gasteiger partial charge < -0.3 is 4.74 Å². The van der Waals surface area contributed by atoms with E-state index in [0.717, 1.165) is 22.7 Å². The van der Waals surface area contributed by atoms with Crippen LogP contribution in [0.25, 0.3) is 38.7 Å². The van der Waals surface area contributed by atoms with Crippen LogP contribution in [-0.2, 0) is 0 Å². The predicted octanol–water partition coefficient (Wildman–Crippen LogP) is 4.75. The lowest BCUT2D eigenvalue weighted by Crippen LogP contribution is -1.83. The molecule has 2 aromatic carbocycles. The third-order valence-corrected chi connectivity index (χ3v) is 4.47. The van der Waals surface area contributed by atoms with Gasteiger partial charge in [0.1, 0.15) is 11.4 Å². The van der Waals surface area contributed by atoms with Crippen molar-refractivity contribution in [1.29, 1.82) is 0 Å². The molecule has 5 aromatic rings. The number of pyridine rings is 1. The first-order valence-corrected chi connectivity index (χ1v) is 7.62. The Hall–Kier alpha value is -3.07. The maximum absolute atomic E-state index is 5.26. The van der Waals surface area contributed by atoms with E-state index < -0.39 is 0 Å². The van der Waals surface area contributed by atoms with E-state index in [0.29, 0.717) is 0 Å². The van der Waals surface area contributed by atoms with Gasteiger partial charge in [0.05, 0.1) is 23.8 Å². The maximum Gasteiger partial charge on any atom is 0.138 e. The summed E-state index contributed by atoms with van der Waals surface area (Å²) in [6.45, 7) is 0. The standard InChI is InChI=1S/C20H14N2O/c1-23-14-11-9-13(10-12-14)19-20-16-6-3-2-5-15(16)17-7-4-8-18(21-19)22(17)20/h2-12H,1H3. The van der Waals surface area contributed by atoms with E-state index in [-0.39, 0.29) is 0 Å². The second-order valence-electron chi connectivity index (χ2n) is 5.69. The molecule has 3 nitrogen and oxygen atoms in total. The van der Waals surface area contributed by atoms with Crippen molar-refractivity contribution in [2.75, 3.05) is 7.11 Å². The molecule has 0 saturated heterocycles. The van der Waals surface area contributed by atoms with Crippen molar-refractivity contribution in [3.63, 3.8) is 0 Å². The summed E-state index contributed by atoms with van der Waals surface area (Å²) >= 11 is 0. The molecule has 3 heteroatoms. The minimum absolute atomic E-state index is 0.857. The minimum atomic E-state index is 0.857. The normalized spacial score (nSPS) is 11.7. The highest BCUT2D eigenvalue weighted by Crippen LogP contribution is 2.37.